The lowest BCUT2D eigenvalue weighted by Crippen LogP contribution is -2.03. The maximum absolute atomic E-state index is 5.80. The van der Waals surface area contributed by atoms with Gasteiger partial charge in [-0.1, -0.05) is 139 Å². The maximum atomic E-state index is 5.80. The summed E-state index contributed by atoms with van der Waals surface area (Å²) >= 11 is 5.80. The third-order valence-corrected chi connectivity index (χ3v) is 17.6. The molecule has 0 saturated heterocycles. The van der Waals surface area contributed by atoms with Gasteiger partial charge in [0.25, 0.3) is 0 Å². The Labute approximate surface area is 501 Å². The first-order valence-corrected chi connectivity index (χ1v) is 29.4. The molecule has 0 saturated carbocycles. The molecule has 0 bridgehead atoms. The monoisotopic (exact) mass is 1120 g/mol. The van der Waals surface area contributed by atoms with Crippen LogP contribution in [0.4, 0.5) is 0 Å². The number of para-hydroxylation sites is 4. The summed E-state index contributed by atoms with van der Waals surface area (Å²) < 4.78 is 6.40. The number of halogens is 1. The molecule has 1 aliphatic rings. The molecule has 3 aromatic heterocycles. The molecule has 3 heterocycles. The van der Waals surface area contributed by atoms with Crippen LogP contribution in [0.1, 0.15) is 85.3 Å². The Morgan fingerprint density at radius 3 is 1.02 bits per heavy atom. The SMILES string of the molecule is C.Cc1cc(C)c(-c2ccc3c(c2)-c2cc(-c4c(C)cc(C)cc4C)ccc2C3)c(C)c1.Cc1cc(C)c(-c2ccc3c(c2)c2cc(-c4c(C)cc(C)cc4C)ccc2n3-c2nc3ccccc3n2C)c(C)c1.Cn1c(Cl)nc2ccccc21. The van der Waals surface area contributed by atoms with Gasteiger partial charge in [0.2, 0.25) is 11.2 Å². The lowest BCUT2D eigenvalue weighted by Gasteiger charge is -2.15. The number of fused-ring (bicyclic) bond motifs is 8. The van der Waals surface area contributed by atoms with E-state index in [-0.39, 0.29) is 7.43 Å². The third kappa shape index (κ3) is 10.2. The number of imidazole rings is 2. The van der Waals surface area contributed by atoms with Crippen molar-refractivity contribution in [3.05, 3.63) is 253 Å². The van der Waals surface area contributed by atoms with Gasteiger partial charge in [0.15, 0.2) is 0 Å². The molecule has 10 aromatic carbocycles. The molecule has 0 atom stereocenters. The zero-order chi connectivity index (χ0) is 58.3. The van der Waals surface area contributed by atoms with E-state index in [1.807, 2.05) is 35.9 Å². The molecule has 0 aliphatic heterocycles. The van der Waals surface area contributed by atoms with Crippen LogP contribution in [0, 0.1) is 83.1 Å². The van der Waals surface area contributed by atoms with Gasteiger partial charge in [-0.3, -0.25) is 4.57 Å². The number of aryl methyl sites for hydroxylation is 14. The van der Waals surface area contributed by atoms with Gasteiger partial charge in [-0.15, -0.1) is 0 Å². The number of hydrogen-bond donors (Lipinski definition) is 0. The second kappa shape index (κ2) is 22.4. The topological polar surface area (TPSA) is 40.6 Å². The van der Waals surface area contributed by atoms with E-state index in [1.165, 1.54) is 155 Å². The first kappa shape index (κ1) is 57.1. The van der Waals surface area contributed by atoms with Gasteiger partial charge in [0, 0.05) is 24.9 Å². The van der Waals surface area contributed by atoms with Gasteiger partial charge in [-0.05, 0) is 273 Å². The molecule has 0 spiro atoms. The Hall–Kier alpha value is -8.77. The number of benzene rings is 10. The average molecular weight is 1120 g/mol. The van der Waals surface area contributed by atoms with Gasteiger partial charge in [0.05, 0.1) is 33.1 Å². The van der Waals surface area contributed by atoms with E-state index in [1.54, 1.807) is 0 Å². The van der Waals surface area contributed by atoms with Crippen LogP contribution in [0.5, 0.6) is 0 Å². The Morgan fingerprint density at radius 1 is 0.345 bits per heavy atom. The normalized spacial score (nSPS) is 11.6. The van der Waals surface area contributed by atoms with Gasteiger partial charge < -0.3 is 9.13 Å². The fourth-order valence-electron chi connectivity index (χ4n) is 14.0. The molecule has 0 N–H and O–H groups in total. The fraction of sp³-hybridized carbons (Fsp3) is 0.205. The Morgan fingerprint density at radius 2 is 0.667 bits per heavy atom. The van der Waals surface area contributed by atoms with Crippen molar-refractivity contribution < 1.29 is 0 Å². The van der Waals surface area contributed by atoms with Gasteiger partial charge in [0.1, 0.15) is 0 Å². The minimum absolute atomic E-state index is 0. The summed E-state index contributed by atoms with van der Waals surface area (Å²) in [6.07, 6.45) is 1.03. The van der Waals surface area contributed by atoms with Crippen LogP contribution < -0.4 is 0 Å². The molecule has 0 amide bonds. The smallest absolute Gasteiger partial charge is 0.215 e. The summed E-state index contributed by atoms with van der Waals surface area (Å²) in [6, 6.07) is 62.6. The zero-order valence-corrected chi connectivity index (χ0v) is 51.2. The summed E-state index contributed by atoms with van der Waals surface area (Å²) in [5.74, 6) is 0.928. The first-order chi connectivity index (χ1) is 39.8. The number of hydrogen-bond acceptors (Lipinski definition) is 2. The molecule has 1 aliphatic carbocycles. The molecule has 13 aromatic rings. The second-order valence-electron chi connectivity index (χ2n) is 23.7. The molecule has 0 fully saturated rings. The second-order valence-corrected chi connectivity index (χ2v) is 24.0. The van der Waals surface area contributed by atoms with E-state index in [9.17, 15) is 0 Å². The van der Waals surface area contributed by atoms with E-state index in [0.717, 1.165) is 34.4 Å². The summed E-state index contributed by atoms with van der Waals surface area (Å²) in [4.78, 5) is 9.26. The van der Waals surface area contributed by atoms with Crippen LogP contribution in [0.25, 0.3) is 105 Å². The molecule has 14 rings (SSSR count). The highest BCUT2D eigenvalue weighted by Crippen LogP contribution is 2.44. The van der Waals surface area contributed by atoms with Gasteiger partial charge in [-0.25, -0.2) is 9.97 Å². The highest BCUT2D eigenvalue weighted by atomic mass is 35.5. The highest BCUT2D eigenvalue weighted by Gasteiger charge is 2.23. The van der Waals surface area contributed by atoms with Crippen LogP contribution in [-0.2, 0) is 20.5 Å². The van der Waals surface area contributed by atoms with Crippen molar-refractivity contribution in [3.63, 3.8) is 0 Å². The first-order valence-electron chi connectivity index (χ1n) is 29.0. The van der Waals surface area contributed by atoms with Crippen molar-refractivity contribution in [3.8, 4) is 61.6 Å². The molecular weight excluding hydrogens is 1040 g/mol. The lowest BCUT2D eigenvalue weighted by molar-refractivity contribution is 0.870. The number of rotatable bonds is 5. The maximum Gasteiger partial charge on any atom is 0.215 e. The summed E-state index contributed by atoms with van der Waals surface area (Å²) in [6.45, 7) is 26.5. The van der Waals surface area contributed by atoms with Crippen LogP contribution in [-0.4, -0.2) is 23.7 Å². The molecule has 6 heteroatoms. The summed E-state index contributed by atoms with van der Waals surface area (Å²) in [7, 11) is 4.01. The van der Waals surface area contributed by atoms with Crippen molar-refractivity contribution in [2.24, 2.45) is 14.1 Å². The standard InChI is InChI=1S/C38H35N3.C31H30.C8H7ClN2.CH4/c1-22-16-24(3)36(25(4)17-22)28-12-14-33-30(20-28)31-21-29(37-26(5)18-23(2)19-27(37)6)13-15-34(31)41(33)38-39-32-10-8-9-11-35(32)40(38)7;1-18-11-20(3)30(21(4)12-18)26-9-7-24-15-25-8-10-27(17-29(25)28(24)16-26)31-22(5)13-19(2)14-23(31)6;1-11-7-5-3-2-4-6(7)10-8(11)9;/h8-21H,1-7H3;7-14,16-17H,15H2,1-6H3;2-5H,1H3;1H4. The third-order valence-electron chi connectivity index (χ3n) is 17.2. The lowest BCUT2D eigenvalue weighted by atomic mass is 9.90. The van der Waals surface area contributed by atoms with Gasteiger partial charge >= 0.3 is 0 Å². The van der Waals surface area contributed by atoms with E-state index in [4.69, 9.17) is 16.6 Å². The Balaban J connectivity index is 0.000000150. The largest absolute Gasteiger partial charge is 0.318 e. The molecule has 5 nitrogen and oxygen atoms in total. The summed E-state index contributed by atoms with van der Waals surface area (Å²) in [5.41, 5.74) is 38.7. The predicted molar refractivity (Wildman–Crippen MR) is 361 cm³/mol. The fourth-order valence-corrected chi connectivity index (χ4v) is 14.2. The minimum Gasteiger partial charge on any atom is -0.318 e. The molecule has 0 unspecified atom stereocenters. The number of nitrogens with zero attached hydrogens (tertiary/aromatic N) is 5. The van der Waals surface area contributed by atoms with Crippen molar-refractivity contribution in [1.82, 2.24) is 23.7 Å². The molecule has 420 valence electrons. The highest BCUT2D eigenvalue weighted by molar-refractivity contribution is 6.29. The average Bonchev–Trinajstić information content (AvgIpc) is 1.89. The summed E-state index contributed by atoms with van der Waals surface area (Å²) in [5, 5.41) is 3.02. The minimum atomic E-state index is 0. The van der Waals surface area contributed by atoms with Gasteiger partial charge in [-0.2, -0.15) is 0 Å². The zero-order valence-electron chi connectivity index (χ0n) is 50.5. The quantitative estimate of drug-likeness (QED) is 0.172. The van der Waals surface area contributed by atoms with Crippen molar-refractivity contribution >= 4 is 55.5 Å². The van der Waals surface area contributed by atoms with Crippen LogP contribution in [0.3, 0.4) is 0 Å². The van der Waals surface area contributed by atoms with E-state index >= 15 is 0 Å². The van der Waals surface area contributed by atoms with E-state index in [2.05, 4.69) is 250 Å². The van der Waals surface area contributed by atoms with Crippen molar-refractivity contribution in [2.45, 2.75) is 96.9 Å². The number of aromatic nitrogens is 5. The van der Waals surface area contributed by atoms with E-state index in [0.29, 0.717) is 5.28 Å². The molecular formula is C78H76ClN5. The Bertz CT molecular complexity index is 4450. The Kier molecular flexibility index (Phi) is 15.2. The van der Waals surface area contributed by atoms with Crippen LogP contribution in [0.15, 0.2) is 170 Å². The van der Waals surface area contributed by atoms with Crippen molar-refractivity contribution in [2.75, 3.05) is 0 Å². The molecule has 84 heavy (non-hydrogen) atoms. The molecule has 0 radical (unpaired) electrons. The van der Waals surface area contributed by atoms with Crippen LogP contribution >= 0.6 is 11.6 Å². The van der Waals surface area contributed by atoms with E-state index < -0.39 is 0 Å². The van der Waals surface area contributed by atoms with Crippen LogP contribution in [0.2, 0.25) is 5.28 Å². The van der Waals surface area contributed by atoms with Crippen molar-refractivity contribution in [1.29, 1.82) is 0 Å². The predicted octanol–water partition coefficient (Wildman–Crippen LogP) is 21.2.